The Morgan fingerprint density at radius 3 is 1.95 bits per heavy atom. The van der Waals surface area contributed by atoms with Gasteiger partial charge in [-0.3, -0.25) is 0 Å². The van der Waals surface area contributed by atoms with Crippen molar-refractivity contribution in [3.05, 3.63) is 24.7 Å². The van der Waals surface area contributed by atoms with Crippen molar-refractivity contribution in [1.29, 1.82) is 0 Å². The molecule has 0 atom stereocenters. The van der Waals surface area contributed by atoms with Crippen molar-refractivity contribution in [1.82, 2.24) is 9.34 Å². The monoisotopic (exact) mass is 394 g/mol. The smallest absolute Gasteiger partial charge is 0.185 e. The van der Waals surface area contributed by atoms with E-state index in [0.717, 1.165) is 58.8 Å². The van der Waals surface area contributed by atoms with Crippen LogP contribution in [-0.4, -0.2) is 74.7 Å². The zero-order chi connectivity index (χ0) is 15.0. The number of halogens is 1. The summed E-state index contributed by atoms with van der Waals surface area (Å²) in [5.41, 5.74) is 0. The summed E-state index contributed by atoms with van der Waals surface area (Å²) in [6, 6.07) is 0. The van der Waals surface area contributed by atoms with Crippen LogP contribution in [0.25, 0.3) is 0 Å². The molecule has 0 aromatic heterocycles. The average Bonchev–Trinajstić information content (AvgIpc) is 2.56. The Hall–Kier alpha value is 0.0300. The molecular weight excluding hydrogens is 367 g/mol. The summed E-state index contributed by atoms with van der Waals surface area (Å²) in [5.74, 6) is 2.30. The van der Waals surface area contributed by atoms with Crippen LogP contribution in [0.5, 0.6) is 0 Å². The molecule has 0 radical (unpaired) electrons. The first-order chi connectivity index (χ1) is 10.3. The Balaban J connectivity index is 0.00000242. The first kappa shape index (κ1) is 20.1. The van der Waals surface area contributed by atoms with Crippen molar-refractivity contribution in [2.75, 3.05) is 65.4 Å². The zero-order valence-electron chi connectivity index (χ0n) is 13.5. The highest BCUT2D eigenvalue weighted by molar-refractivity contribution is 7.74. The molecule has 128 valence electrons. The van der Waals surface area contributed by atoms with Crippen molar-refractivity contribution in [2.24, 2.45) is 0 Å². The second-order valence-corrected chi connectivity index (χ2v) is 8.50. The molecule has 0 saturated carbocycles. The van der Waals surface area contributed by atoms with E-state index in [2.05, 4.69) is 27.8 Å². The maximum Gasteiger partial charge on any atom is 0.185 e. The topological polar surface area (TPSA) is 34.2 Å². The van der Waals surface area contributed by atoms with Gasteiger partial charge in [-0.15, -0.1) is 0 Å². The van der Waals surface area contributed by atoms with Gasteiger partial charge in [-0.1, -0.05) is 12.7 Å². The van der Waals surface area contributed by atoms with Crippen LogP contribution in [0.3, 0.4) is 0 Å². The fourth-order valence-electron chi connectivity index (χ4n) is 2.89. The molecule has 5 nitrogen and oxygen atoms in total. The number of allylic oxidation sites excluding steroid dienone is 1. The zero-order valence-corrected chi connectivity index (χ0v) is 15.9. The molecular formula is C15H28BrN2O3P. The van der Waals surface area contributed by atoms with E-state index >= 15 is 0 Å². The summed E-state index contributed by atoms with van der Waals surface area (Å²) in [6.07, 6.45) is 4.92. The maximum absolute atomic E-state index is 5.54. The number of nitrogens with zero attached hydrogens (tertiary/aromatic N) is 2. The van der Waals surface area contributed by atoms with Gasteiger partial charge in [0.15, 0.2) is 7.56 Å². The van der Waals surface area contributed by atoms with E-state index in [1.807, 2.05) is 13.2 Å². The van der Waals surface area contributed by atoms with Crippen molar-refractivity contribution in [3.63, 3.8) is 0 Å². The number of ether oxygens (including phenoxy) is 3. The normalized spacial score (nSPS) is 21.5. The van der Waals surface area contributed by atoms with E-state index in [4.69, 9.17) is 14.2 Å². The predicted octanol–water partition coefficient (Wildman–Crippen LogP) is -0.804. The molecule has 2 fully saturated rings. The van der Waals surface area contributed by atoms with Gasteiger partial charge in [0.1, 0.15) is 18.2 Å². The van der Waals surface area contributed by atoms with Gasteiger partial charge >= 0.3 is 0 Å². The molecule has 0 aromatic rings. The SMILES string of the molecule is C=CC[P+](/C=C/OCC)(N1CCOCC1)N1CCOCC1.[Br-]. The Bertz CT molecular complexity index is 328. The quantitative estimate of drug-likeness (QED) is 0.320. The second kappa shape index (κ2) is 10.7. The molecule has 0 aliphatic carbocycles. The molecule has 7 heteroatoms. The average molecular weight is 395 g/mol. The summed E-state index contributed by atoms with van der Waals surface area (Å²) in [5, 5.41) is 0. The Kier molecular flexibility index (Phi) is 9.80. The van der Waals surface area contributed by atoms with Crippen LogP contribution < -0.4 is 17.0 Å². The first-order valence-corrected chi connectivity index (χ1v) is 9.72. The molecule has 0 amide bonds. The minimum Gasteiger partial charge on any atom is -1.00 e. The molecule has 0 unspecified atom stereocenters. The van der Waals surface area contributed by atoms with Crippen LogP contribution in [0.2, 0.25) is 0 Å². The lowest BCUT2D eigenvalue weighted by atomic mass is 10.5. The second-order valence-electron chi connectivity index (χ2n) is 5.13. The molecule has 2 aliphatic heterocycles. The Labute approximate surface area is 145 Å². The summed E-state index contributed by atoms with van der Waals surface area (Å²) in [4.78, 5) is 0. The third-order valence-electron chi connectivity index (χ3n) is 3.91. The lowest BCUT2D eigenvalue weighted by Gasteiger charge is -2.43. The maximum atomic E-state index is 5.54. The van der Waals surface area contributed by atoms with E-state index in [1.54, 1.807) is 0 Å². The van der Waals surface area contributed by atoms with E-state index < -0.39 is 7.56 Å². The van der Waals surface area contributed by atoms with Crippen LogP contribution >= 0.6 is 7.56 Å². The van der Waals surface area contributed by atoms with E-state index in [0.29, 0.717) is 6.61 Å². The van der Waals surface area contributed by atoms with Gasteiger partial charge in [-0.2, -0.15) is 9.34 Å². The van der Waals surface area contributed by atoms with Gasteiger partial charge in [-0.05, 0) is 6.92 Å². The standard InChI is InChI=1S/C15H28N2O3P.BrH/c1-3-14-21(15-13-18-4-2,16-5-9-19-10-6-16)17-7-11-20-12-8-17;/h3,13,15H,1,4-12,14H2,2H3;1H/q+1;/p-1/b15-13+;. The molecule has 0 N–H and O–H groups in total. The van der Waals surface area contributed by atoms with Gasteiger partial charge < -0.3 is 31.2 Å². The molecule has 22 heavy (non-hydrogen) atoms. The summed E-state index contributed by atoms with van der Waals surface area (Å²) in [7, 11) is -1.59. The van der Waals surface area contributed by atoms with Crippen LogP contribution in [0.15, 0.2) is 24.7 Å². The highest BCUT2D eigenvalue weighted by Crippen LogP contribution is 2.66. The molecule has 2 heterocycles. The van der Waals surface area contributed by atoms with Crippen LogP contribution in [0.1, 0.15) is 6.92 Å². The van der Waals surface area contributed by atoms with E-state index in [-0.39, 0.29) is 17.0 Å². The highest BCUT2D eigenvalue weighted by Gasteiger charge is 2.49. The summed E-state index contributed by atoms with van der Waals surface area (Å²) < 4.78 is 21.8. The Morgan fingerprint density at radius 1 is 1.05 bits per heavy atom. The van der Waals surface area contributed by atoms with Crippen LogP contribution in [0, 0.1) is 0 Å². The third-order valence-corrected chi connectivity index (χ3v) is 8.07. The fraction of sp³-hybridized carbons (Fsp3) is 0.733. The lowest BCUT2D eigenvalue weighted by molar-refractivity contribution is -0.00000649. The van der Waals surface area contributed by atoms with Crippen molar-refractivity contribution < 1.29 is 31.2 Å². The number of hydrogen-bond donors (Lipinski definition) is 0. The molecule has 0 bridgehead atoms. The van der Waals surface area contributed by atoms with Crippen molar-refractivity contribution in [3.8, 4) is 0 Å². The summed E-state index contributed by atoms with van der Waals surface area (Å²) >= 11 is 0. The highest BCUT2D eigenvalue weighted by atomic mass is 79.9. The number of rotatable bonds is 7. The van der Waals surface area contributed by atoms with Gasteiger partial charge in [-0.25, -0.2) is 0 Å². The first-order valence-electron chi connectivity index (χ1n) is 7.78. The fourth-order valence-corrected chi connectivity index (χ4v) is 6.58. The van der Waals surface area contributed by atoms with Crippen molar-refractivity contribution >= 4 is 7.56 Å². The van der Waals surface area contributed by atoms with Crippen molar-refractivity contribution in [2.45, 2.75) is 6.92 Å². The minimum atomic E-state index is -1.59. The van der Waals surface area contributed by atoms with Gasteiger partial charge in [0, 0.05) is 0 Å². The van der Waals surface area contributed by atoms with E-state index in [9.17, 15) is 0 Å². The molecule has 2 aliphatic rings. The van der Waals surface area contributed by atoms with Gasteiger partial charge in [0.2, 0.25) is 0 Å². The number of morpholine rings is 2. The summed E-state index contributed by atoms with van der Waals surface area (Å²) in [6.45, 7) is 13.9. The lowest BCUT2D eigenvalue weighted by Crippen LogP contribution is -3.00. The van der Waals surface area contributed by atoms with Crippen LogP contribution in [-0.2, 0) is 14.2 Å². The van der Waals surface area contributed by atoms with E-state index in [1.165, 1.54) is 0 Å². The molecule has 2 saturated heterocycles. The molecule has 0 aromatic carbocycles. The molecule has 0 spiro atoms. The predicted molar refractivity (Wildman–Crippen MR) is 87.5 cm³/mol. The van der Waals surface area contributed by atoms with Gasteiger partial charge in [0.05, 0.1) is 59.2 Å². The third kappa shape index (κ3) is 5.02. The minimum absolute atomic E-state index is 0. The van der Waals surface area contributed by atoms with Crippen LogP contribution in [0.4, 0.5) is 0 Å². The molecule has 2 rings (SSSR count). The number of hydrogen-bond acceptors (Lipinski definition) is 5. The largest absolute Gasteiger partial charge is 1.00 e. The van der Waals surface area contributed by atoms with Gasteiger partial charge in [0.25, 0.3) is 0 Å². The Morgan fingerprint density at radius 2 is 1.55 bits per heavy atom.